The van der Waals surface area contributed by atoms with Crippen molar-refractivity contribution in [3.63, 3.8) is 0 Å². The number of aromatic nitrogens is 1. The molecule has 1 heterocycles. The van der Waals surface area contributed by atoms with Gasteiger partial charge in [-0.15, -0.1) is 0 Å². The molecule has 0 unspecified atom stereocenters. The van der Waals surface area contributed by atoms with E-state index in [1.807, 2.05) is 24.3 Å². The van der Waals surface area contributed by atoms with Crippen molar-refractivity contribution in [3.05, 3.63) is 53.5 Å². The van der Waals surface area contributed by atoms with Gasteiger partial charge in [0.05, 0.1) is 6.20 Å². The third kappa shape index (κ3) is 3.51. The lowest BCUT2D eigenvalue weighted by molar-refractivity contribution is 0.450. The Kier molecular flexibility index (Phi) is 4.47. The van der Waals surface area contributed by atoms with Gasteiger partial charge in [0, 0.05) is 12.1 Å². The number of aryl methyl sites for hydroxylation is 1. The second-order valence-corrected chi connectivity index (χ2v) is 4.25. The van der Waals surface area contributed by atoms with Crippen molar-refractivity contribution in [1.82, 2.24) is 10.3 Å². The highest BCUT2D eigenvalue weighted by Gasteiger charge is 2.07. The maximum Gasteiger partial charge on any atom is 0.223 e. The fourth-order valence-corrected chi connectivity index (χ4v) is 1.78. The molecule has 0 saturated carbocycles. The number of nitrogens with zero attached hydrogens (tertiary/aromatic N) is 1. The molecule has 19 heavy (non-hydrogen) atoms. The number of hydrogen-bond acceptors (Lipinski definition) is 3. The third-order valence-electron chi connectivity index (χ3n) is 2.81. The minimum absolute atomic E-state index is 0.362. The van der Waals surface area contributed by atoms with E-state index in [1.54, 1.807) is 7.05 Å². The second kappa shape index (κ2) is 6.29. The largest absolute Gasteiger partial charge is 0.439 e. The third-order valence-corrected chi connectivity index (χ3v) is 2.81. The van der Waals surface area contributed by atoms with E-state index in [0.717, 1.165) is 12.6 Å². The van der Waals surface area contributed by atoms with E-state index in [-0.39, 0.29) is 5.82 Å². The van der Waals surface area contributed by atoms with E-state index < -0.39 is 0 Å². The Morgan fingerprint density at radius 3 is 2.63 bits per heavy atom. The first-order chi connectivity index (χ1) is 9.22. The molecule has 0 radical (unpaired) electrons. The van der Waals surface area contributed by atoms with Crippen molar-refractivity contribution in [3.8, 4) is 11.6 Å². The molecular formula is C15H17FN2O. The van der Waals surface area contributed by atoms with Crippen molar-refractivity contribution >= 4 is 0 Å². The molecule has 0 saturated heterocycles. The molecule has 2 aromatic rings. The lowest BCUT2D eigenvalue weighted by Gasteiger charge is -2.10. The number of nitrogens with one attached hydrogen (secondary N) is 1. The molecule has 4 heteroatoms. The average molecular weight is 260 g/mol. The summed E-state index contributed by atoms with van der Waals surface area (Å²) in [5.41, 5.74) is 1.94. The number of ether oxygens (including phenoxy) is 1. The van der Waals surface area contributed by atoms with Crippen LogP contribution in [0.3, 0.4) is 0 Å². The van der Waals surface area contributed by atoms with Gasteiger partial charge in [-0.3, -0.25) is 0 Å². The monoisotopic (exact) mass is 260 g/mol. The summed E-state index contributed by atoms with van der Waals surface area (Å²) in [5, 5.41) is 2.97. The Balaban J connectivity index is 2.21. The van der Waals surface area contributed by atoms with E-state index in [0.29, 0.717) is 23.7 Å². The Bertz CT molecular complexity index is 540. The van der Waals surface area contributed by atoms with Crippen LogP contribution in [0.5, 0.6) is 11.6 Å². The summed E-state index contributed by atoms with van der Waals surface area (Å²) in [6, 6.07) is 9.24. The zero-order valence-electron chi connectivity index (χ0n) is 11.1. The van der Waals surface area contributed by atoms with Gasteiger partial charge in [-0.05, 0) is 37.2 Å². The molecule has 0 aliphatic heterocycles. The molecule has 0 aliphatic carbocycles. The zero-order valence-corrected chi connectivity index (χ0v) is 11.1. The van der Waals surface area contributed by atoms with E-state index in [2.05, 4.69) is 17.2 Å². The Labute approximate surface area is 112 Å². The van der Waals surface area contributed by atoms with Gasteiger partial charge in [-0.25, -0.2) is 9.37 Å². The van der Waals surface area contributed by atoms with E-state index in [1.165, 1.54) is 11.6 Å². The SMILES string of the molecule is CCc1ccc(Oc2ncc(F)cc2CNC)cc1. The molecule has 100 valence electrons. The van der Waals surface area contributed by atoms with Crippen molar-refractivity contribution in [1.29, 1.82) is 0 Å². The molecule has 0 fully saturated rings. The van der Waals surface area contributed by atoms with Crippen molar-refractivity contribution in [2.75, 3.05) is 7.05 Å². The first-order valence-electron chi connectivity index (χ1n) is 6.28. The van der Waals surface area contributed by atoms with Gasteiger partial charge in [0.25, 0.3) is 0 Å². The van der Waals surface area contributed by atoms with Crippen LogP contribution >= 0.6 is 0 Å². The summed E-state index contributed by atoms with van der Waals surface area (Å²) in [5.74, 6) is 0.771. The second-order valence-electron chi connectivity index (χ2n) is 4.25. The normalized spacial score (nSPS) is 10.5. The maximum absolute atomic E-state index is 13.2. The van der Waals surface area contributed by atoms with Crippen LogP contribution in [0.2, 0.25) is 0 Å². The van der Waals surface area contributed by atoms with Gasteiger partial charge in [0.15, 0.2) is 0 Å². The molecule has 1 aromatic heterocycles. The summed E-state index contributed by atoms with van der Waals surface area (Å²) < 4.78 is 18.9. The van der Waals surface area contributed by atoms with E-state index >= 15 is 0 Å². The Morgan fingerprint density at radius 1 is 1.26 bits per heavy atom. The molecule has 0 atom stereocenters. The van der Waals surface area contributed by atoms with Crippen molar-refractivity contribution in [2.24, 2.45) is 0 Å². The van der Waals surface area contributed by atoms with Gasteiger partial charge in [-0.2, -0.15) is 0 Å². The molecule has 0 aliphatic rings. The van der Waals surface area contributed by atoms with Crippen LogP contribution in [0.4, 0.5) is 4.39 Å². The van der Waals surface area contributed by atoms with Gasteiger partial charge >= 0.3 is 0 Å². The van der Waals surface area contributed by atoms with E-state index in [4.69, 9.17) is 4.74 Å². The topological polar surface area (TPSA) is 34.1 Å². The Hall–Kier alpha value is -1.94. The smallest absolute Gasteiger partial charge is 0.223 e. The van der Waals surface area contributed by atoms with Crippen LogP contribution < -0.4 is 10.1 Å². The molecule has 2 rings (SSSR count). The fourth-order valence-electron chi connectivity index (χ4n) is 1.78. The van der Waals surface area contributed by atoms with E-state index in [9.17, 15) is 4.39 Å². The number of pyridine rings is 1. The molecule has 3 nitrogen and oxygen atoms in total. The van der Waals surface area contributed by atoms with Crippen LogP contribution in [0.15, 0.2) is 36.5 Å². The molecule has 1 N–H and O–H groups in total. The zero-order chi connectivity index (χ0) is 13.7. The van der Waals surface area contributed by atoms with Crippen molar-refractivity contribution < 1.29 is 9.13 Å². The minimum atomic E-state index is -0.362. The number of rotatable bonds is 5. The van der Waals surface area contributed by atoms with Gasteiger partial charge < -0.3 is 10.1 Å². The summed E-state index contributed by atoms with van der Waals surface area (Å²) in [6.07, 6.45) is 2.15. The molecule has 1 aromatic carbocycles. The van der Waals surface area contributed by atoms with Crippen LogP contribution in [0.1, 0.15) is 18.1 Å². The fraction of sp³-hybridized carbons (Fsp3) is 0.267. The number of halogens is 1. The lowest BCUT2D eigenvalue weighted by Crippen LogP contribution is -2.07. The summed E-state index contributed by atoms with van der Waals surface area (Å²) >= 11 is 0. The first-order valence-corrected chi connectivity index (χ1v) is 6.28. The molecule has 0 bridgehead atoms. The van der Waals surface area contributed by atoms with Crippen molar-refractivity contribution in [2.45, 2.75) is 19.9 Å². The standard InChI is InChI=1S/C15H17FN2O/c1-3-11-4-6-14(7-5-11)19-15-12(9-17-2)8-13(16)10-18-15/h4-8,10,17H,3,9H2,1-2H3. The van der Waals surface area contributed by atoms with Gasteiger partial charge in [0.2, 0.25) is 5.88 Å². The predicted molar refractivity (Wildman–Crippen MR) is 72.9 cm³/mol. The highest BCUT2D eigenvalue weighted by atomic mass is 19.1. The highest BCUT2D eigenvalue weighted by Crippen LogP contribution is 2.24. The number of benzene rings is 1. The predicted octanol–water partition coefficient (Wildman–Crippen LogP) is 3.29. The maximum atomic E-state index is 13.2. The Morgan fingerprint density at radius 2 is 2.00 bits per heavy atom. The minimum Gasteiger partial charge on any atom is -0.439 e. The van der Waals surface area contributed by atoms with Crippen LogP contribution in [0, 0.1) is 5.82 Å². The van der Waals surface area contributed by atoms with Crippen LogP contribution in [0.25, 0.3) is 0 Å². The van der Waals surface area contributed by atoms with Crippen LogP contribution in [-0.2, 0) is 13.0 Å². The first kappa shape index (κ1) is 13.5. The van der Waals surface area contributed by atoms with Gasteiger partial charge in [0.1, 0.15) is 11.6 Å². The molecule has 0 spiro atoms. The summed E-state index contributed by atoms with van der Waals surface area (Å²) in [6.45, 7) is 2.61. The molecular weight excluding hydrogens is 243 g/mol. The summed E-state index contributed by atoms with van der Waals surface area (Å²) in [4.78, 5) is 4.00. The summed E-state index contributed by atoms with van der Waals surface area (Å²) in [7, 11) is 1.80. The van der Waals surface area contributed by atoms with Gasteiger partial charge in [-0.1, -0.05) is 19.1 Å². The average Bonchev–Trinajstić information content (AvgIpc) is 2.43. The number of hydrogen-bond donors (Lipinski definition) is 1. The highest BCUT2D eigenvalue weighted by molar-refractivity contribution is 5.34. The lowest BCUT2D eigenvalue weighted by atomic mass is 10.2. The molecule has 0 amide bonds. The quantitative estimate of drug-likeness (QED) is 0.895. The van der Waals surface area contributed by atoms with Crippen LogP contribution in [-0.4, -0.2) is 12.0 Å².